The zero-order valence-corrected chi connectivity index (χ0v) is 11.7. The zero-order valence-electron chi connectivity index (χ0n) is 10.9. The molecule has 5 heteroatoms. The molecule has 2 aromatic rings. The van der Waals surface area contributed by atoms with E-state index in [-0.39, 0.29) is 5.91 Å². The van der Waals surface area contributed by atoms with Crippen LogP contribution < -0.4 is 15.8 Å². The number of benzene rings is 1. The highest BCUT2D eigenvalue weighted by atomic mass is 32.1. The summed E-state index contributed by atoms with van der Waals surface area (Å²) in [6.07, 6.45) is 0. The highest BCUT2D eigenvalue weighted by Gasteiger charge is 2.10. The molecule has 1 amide bonds. The standard InChI is InChI=1S/C14H16N2O2S/c1-9-5-6-19-13(9)14(17)16-8-10-3-4-12(18-2)11(15)7-10/h3-7H,8,15H2,1-2H3,(H,16,17). The Morgan fingerprint density at radius 2 is 2.21 bits per heavy atom. The Kier molecular flexibility index (Phi) is 4.06. The van der Waals surface area contributed by atoms with Crippen molar-refractivity contribution >= 4 is 22.9 Å². The van der Waals surface area contributed by atoms with Crippen LogP contribution in [0.4, 0.5) is 5.69 Å². The number of hydrogen-bond acceptors (Lipinski definition) is 4. The van der Waals surface area contributed by atoms with Crippen LogP contribution in [-0.4, -0.2) is 13.0 Å². The van der Waals surface area contributed by atoms with Crippen molar-refractivity contribution in [1.29, 1.82) is 0 Å². The van der Waals surface area contributed by atoms with E-state index in [0.29, 0.717) is 18.0 Å². The minimum atomic E-state index is -0.0538. The van der Waals surface area contributed by atoms with Crippen LogP contribution in [0, 0.1) is 6.92 Å². The van der Waals surface area contributed by atoms with Gasteiger partial charge in [-0.2, -0.15) is 0 Å². The number of rotatable bonds is 4. The molecule has 0 aliphatic rings. The molecule has 0 fully saturated rings. The quantitative estimate of drug-likeness (QED) is 0.844. The highest BCUT2D eigenvalue weighted by molar-refractivity contribution is 7.12. The number of ether oxygens (including phenoxy) is 1. The lowest BCUT2D eigenvalue weighted by Gasteiger charge is -2.08. The molecule has 0 atom stereocenters. The summed E-state index contributed by atoms with van der Waals surface area (Å²) in [7, 11) is 1.58. The number of amides is 1. The van der Waals surface area contributed by atoms with Crippen LogP contribution in [0.2, 0.25) is 0 Å². The highest BCUT2D eigenvalue weighted by Crippen LogP contribution is 2.22. The Bertz CT molecular complexity index is 593. The SMILES string of the molecule is COc1ccc(CNC(=O)c2sccc2C)cc1N. The van der Waals surface area contributed by atoms with Crippen LogP contribution in [-0.2, 0) is 6.54 Å². The number of nitrogens with one attached hydrogen (secondary N) is 1. The van der Waals surface area contributed by atoms with Gasteiger partial charge in [0.1, 0.15) is 5.75 Å². The lowest BCUT2D eigenvalue weighted by Crippen LogP contribution is -2.22. The average Bonchev–Trinajstić information content (AvgIpc) is 2.82. The first kappa shape index (κ1) is 13.4. The van der Waals surface area contributed by atoms with Crippen molar-refractivity contribution in [2.24, 2.45) is 0 Å². The summed E-state index contributed by atoms with van der Waals surface area (Å²) >= 11 is 1.45. The van der Waals surface area contributed by atoms with Gasteiger partial charge in [-0.15, -0.1) is 11.3 Å². The van der Waals surface area contributed by atoms with E-state index in [2.05, 4.69) is 5.32 Å². The summed E-state index contributed by atoms with van der Waals surface area (Å²) in [5.41, 5.74) is 8.33. The van der Waals surface area contributed by atoms with E-state index in [4.69, 9.17) is 10.5 Å². The van der Waals surface area contributed by atoms with Crippen molar-refractivity contribution in [3.8, 4) is 5.75 Å². The largest absolute Gasteiger partial charge is 0.495 e. The molecule has 3 N–H and O–H groups in total. The van der Waals surface area contributed by atoms with Crippen LogP contribution in [0.1, 0.15) is 20.8 Å². The summed E-state index contributed by atoms with van der Waals surface area (Å²) in [5, 5.41) is 4.79. The van der Waals surface area contributed by atoms with Gasteiger partial charge in [0, 0.05) is 6.54 Å². The fourth-order valence-corrected chi connectivity index (χ4v) is 2.60. The van der Waals surface area contributed by atoms with Gasteiger partial charge in [0.2, 0.25) is 0 Å². The Balaban J connectivity index is 2.01. The van der Waals surface area contributed by atoms with Crippen LogP contribution in [0.5, 0.6) is 5.75 Å². The number of thiophene rings is 1. The minimum Gasteiger partial charge on any atom is -0.495 e. The van der Waals surface area contributed by atoms with Gasteiger partial charge in [0.25, 0.3) is 5.91 Å². The Morgan fingerprint density at radius 3 is 2.79 bits per heavy atom. The molecule has 0 spiro atoms. The van der Waals surface area contributed by atoms with Crippen LogP contribution >= 0.6 is 11.3 Å². The van der Waals surface area contributed by atoms with E-state index < -0.39 is 0 Å². The smallest absolute Gasteiger partial charge is 0.261 e. The lowest BCUT2D eigenvalue weighted by atomic mass is 10.2. The molecule has 1 aromatic carbocycles. The van der Waals surface area contributed by atoms with Gasteiger partial charge < -0.3 is 15.8 Å². The van der Waals surface area contributed by atoms with Crippen molar-refractivity contribution < 1.29 is 9.53 Å². The Morgan fingerprint density at radius 1 is 1.42 bits per heavy atom. The van der Waals surface area contributed by atoms with Crippen molar-refractivity contribution in [3.63, 3.8) is 0 Å². The maximum absolute atomic E-state index is 12.0. The molecule has 0 unspecified atom stereocenters. The fourth-order valence-electron chi connectivity index (χ4n) is 1.76. The maximum Gasteiger partial charge on any atom is 0.261 e. The maximum atomic E-state index is 12.0. The van der Waals surface area contributed by atoms with Gasteiger partial charge in [0.15, 0.2) is 0 Å². The Labute approximate surface area is 116 Å². The van der Waals surface area contributed by atoms with E-state index in [9.17, 15) is 4.79 Å². The zero-order chi connectivity index (χ0) is 13.8. The molecule has 100 valence electrons. The first-order valence-electron chi connectivity index (χ1n) is 5.86. The molecular weight excluding hydrogens is 260 g/mol. The number of methoxy groups -OCH3 is 1. The predicted molar refractivity (Wildman–Crippen MR) is 77.6 cm³/mol. The molecule has 2 rings (SSSR count). The lowest BCUT2D eigenvalue weighted by molar-refractivity contribution is 0.0954. The number of hydrogen-bond donors (Lipinski definition) is 2. The summed E-state index contributed by atoms with van der Waals surface area (Å²) in [6.45, 7) is 2.38. The van der Waals surface area contributed by atoms with E-state index in [1.54, 1.807) is 19.2 Å². The number of aryl methyl sites for hydroxylation is 1. The van der Waals surface area contributed by atoms with Crippen LogP contribution in [0.15, 0.2) is 29.6 Å². The normalized spacial score (nSPS) is 10.2. The Hall–Kier alpha value is -2.01. The predicted octanol–water partition coefficient (Wildman–Crippen LogP) is 2.58. The third-order valence-corrected chi connectivity index (χ3v) is 3.83. The van der Waals surface area contributed by atoms with Gasteiger partial charge in [0.05, 0.1) is 17.7 Å². The number of nitrogen functional groups attached to an aromatic ring is 1. The second-order valence-corrected chi connectivity index (χ2v) is 5.11. The molecule has 0 aliphatic carbocycles. The topological polar surface area (TPSA) is 64.3 Å². The van der Waals surface area contributed by atoms with E-state index in [1.807, 2.05) is 24.4 Å². The van der Waals surface area contributed by atoms with Crippen molar-refractivity contribution in [2.75, 3.05) is 12.8 Å². The van der Waals surface area contributed by atoms with Gasteiger partial charge in [-0.05, 0) is 41.6 Å². The van der Waals surface area contributed by atoms with Gasteiger partial charge in [-0.3, -0.25) is 4.79 Å². The number of carbonyl (C=O) groups excluding carboxylic acids is 1. The first-order chi connectivity index (χ1) is 9.11. The minimum absolute atomic E-state index is 0.0538. The fraction of sp³-hybridized carbons (Fsp3) is 0.214. The molecule has 19 heavy (non-hydrogen) atoms. The van der Waals surface area contributed by atoms with Crippen LogP contribution in [0.25, 0.3) is 0 Å². The summed E-state index contributed by atoms with van der Waals surface area (Å²) < 4.78 is 5.09. The second kappa shape index (κ2) is 5.75. The van der Waals surface area contributed by atoms with E-state index in [1.165, 1.54) is 11.3 Å². The van der Waals surface area contributed by atoms with E-state index in [0.717, 1.165) is 16.0 Å². The molecule has 0 aliphatic heterocycles. The summed E-state index contributed by atoms with van der Waals surface area (Å²) in [5.74, 6) is 0.589. The van der Waals surface area contributed by atoms with E-state index >= 15 is 0 Å². The summed E-state index contributed by atoms with van der Waals surface area (Å²) in [4.78, 5) is 12.7. The summed E-state index contributed by atoms with van der Waals surface area (Å²) in [6, 6.07) is 7.43. The molecule has 1 heterocycles. The number of nitrogens with two attached hydrogens (primary N) is 1. The monoisotopic (exact) mass is 276 g/mol. The second-order valence-electron chi connectivity index (χ2n) is 4.19. The molecule has 0 bridgehead atoms. The van der Waals surface area contributed by atoms with Crippen LogP contribution in [0.3, 0.4) is 0 Å². The third-order valence-electron chi connectivity index (χ3n) is 2.82. The van der Waals surface area contributed by atoms with Gasteiger partial charge in [-0.25, -0.2) is 0 Å². The van der Waals surface area contributed by atoms with Crippen molar-refractivity contribution in [2.45, 2.75) is 13.5 Å². The molecule has 0 saturated heterocycles. The molecular formula is C14H16N2O2S. The average molecular weight is 276 g/mol. The third kappa shape index (κ3) is 3.06. The molecule has 0 radical (unpaired) electrons. The van der Waals surface area contributed by atoms with Crippen molar-refractivity contribution in [3.05, 3.63) is 45.6 Å². The number of anilines is 1. The number of carbonyl (C=O) groups is 1. The molecule has 0 saturated carbocycles. The van der Waals surface area contributed by atoms with Gasteiger partial charge >= 0.3 is 0 Å². The molecule has 1 aromatic heterocycles. The van der Waals surface area contributed by atoms with Crippen molar-refractivity contribution in [1.82, 2.24) is 5.32 Å². The van der Waals surface area contributed by atoms with Gasteiger partial charge in [-0.1, -0.05) is 6.07 Å². The first-order valence-corrected chi connectivity index (χ1v) is 6.74. The molecule has 4 nitrogen and oxygen atoms in total.